The lowest BCUT2D eigenvalue weighted by molar-refractivity contribution is 0.318. The van der Waals surface area contributed by atoms with E-state index in [2.05, 4.69) is 5.16 Å². The topological polar surface area (TPSA) is 76.0 Å². The highest BCUT2D eigenvalue weighted by atomic mass is 32.2. The smallest absolute Gasteiger partial charge is 0.150 e. The number of ether oxygens (including phenoxy) is 1. The molecule has 0 radical (unpaired) electrons. The van der Waals surface area contributed by atoms with E-state index in [1.807, 2.05) is 12.1 Å². The zero-order valence-electron chi connectivity index (χ0n) is 10.1. The van der Waals surface area contributed by atoms with E-state index in [9.17, 15) is 8.42 Å². The average Bonchev–Trinajstić information content (AvgIpc) is 2.71. The second-order valence-corrected chi connectivity index (χ2v) is 6.57. The van der Waals surface area contributed by atoms with Crippen molar-refractivity contribution in [2.75, 3.05) is 18.6 Å². The lowest BCUT2D eigenvalue weighted by atomic mass is 10.1. The van der Waals surface area contributed by atoms with E-state index in [4.69, 9.17) is 9.94 Å². The Bertz CT molecular complexity index is 578. The number of hydrogen-bond acceptors (Lipinski definition) is 5. The van der Waals surface area contributed by atoms with Gasteiger partial charge in [-0.05, 0) is 18.9 Å². The zero-order chi connectivity index (χ0) is 13.2. The number of oxime groups is 1. The van der Waals surface area contributed by atoms with E-state index in [0.717, 1.165) is 17.5 Å². The summed E-state index contributed by atoms with van der Waals surface area (Å²) in [5.41, 5.74) is 2.52. The van der Waals surface area contributed by atoms with Gasteiger partial charge in [-0.15, -0.1) is 0 Å². The van der Waals surface area contributed by atoms with E-state index in [0.29, 0.717) is 17.9 Å². The largest absolute Gasteiger partial charge is 0.492 e. The number of nitrogens with zero attached hydrogens (tertiary/aromatic N) is 1. The third kappa shape index (κ3) is 2.81. The molecule has 2 rings (SSSR count). The minimum atomic E-state index is -3.01. The molecule has 98 valence electrons. The van der Waals surface area contributed by atoms with Crippen LogP contribution in [0.2, 0.25) is 0 Å². The third-order valence-corrected chi connectivity index (χ3v) is 3.80. The van der Waals surface area contributed by atoms with Crippen molar-refractivity contribution in [2.24, 2.45) is 5.16 Å². The summed E-state index contributed by atoms with van der Waals surface area (Å²) < 4.78 is 27.5. The Hall–Kier alpha value is -1.56. The second-order valence-electron chi connectivity index (χ2n) is 4.31. The van der Waals surface area contributed by atoms with Crippen LogP contribution in [0.3, 0.4) is 0 Å². The first kappa shape index (κ1) is 12.9. The molecule has 0 bridgehead atoms. The van der Waals surface area contributed by atoms with Crippen LogP contribution in [0.4, 0.5) is 0 Å². The van der Waals surface area contributed by atoms with Gasteiger partial charge in [0.25, 0.3) is 0 Å². The van der Waals surface area contributed by atoms with Crippen LogP contribution in [-0.4, -0.2) is 38.0 Å². The van der Waals surface area contributed by atoms with Gasteiger partial charge in [0.15, 0.2) is 9.84 Å². The molecule has 0 atom stereocenters. The van der Waals surface area contributed by atoms with E-state index in [1.54, 1.807) is 6.07 Å². The average molecular weight is 269 g/mol. The van der Waals surface area contributed by atoms with Crippen molar-refractivity contribution < 1.29 is 18.4 Å². The summed E-state index contributed by atoms with van der Waals surface area (Å²) in [5, 5.41) is 12.1. The molecule has 0 saturated heterocycles. The molecule has 1 aliphatic carbocycles. The Morgan fingerprint density at radius 1 is 1.39 bits per heavy atom. The number of benzene rings is 1. The molecule has 0 aromatic heterocycles. The van der Waals surface area contributed by atoms with E-state index in [-0.39, 0.29) is 12.4 Å². The molecule has 0 spiro atoms. The fraction of sp³-hybridized carbons (Fsp3) is 0.417. The fourth-order valence-electron chi connectivity index (χ4n) is 2.01. The predicted octanol–water partition coefficient (Wildman–Crippen LogP) is 1.23. The highest BCUT2D eigenvalue weighted by Crippen LogP contribution is 2.30. The minimum absolute atomic E-state index is 0.00237. The normalized spacial score (nSPS) is 16.8. The second kappa shape index (κ2) is 4.97. The quantitative estimate of drug-likeness (QED) is 0.659. The molecule has 0 unspecified atom stereocenters. The Labute approximate surface area is 106 Å². The highest BCUT2D eigenvalue weighted by molar-refractivity contribution is 7.90. The van der Waals surface area contributed by atoms with E-state index >= 15 is 0 Å². The Morgan fingerprint density at radius 2 is 2.17 bits per heavy atom. The Kier molecular flexibility index (Phi) is 3.56. The SMILES string of the molecule is CS(=O)(=O)CCOc1cccc2c1CCC2=NO. The number of fused-ring (bicyclic) bond motifs is 1. The Balaban J connectivity index is 2.14. The fourth-order valence-corrected chi connectivity index (χ4v) is 2.40. The molecular weight excluding hydrogens is 254 g/mol. The summed E-state index contributed by atoms with van der Waals surface area (Å²) in [6.07, 6.45) is 2.62. The van der Waals surface area contributed by atoms with Gasteiger partial charge < -0.3 is 9.94 Å². The monoisotopic (exact) mass is 269 g/mol. The predicted molar refractivity (Wildman–Crippen MR) is 68.3 cm³/mol. The van der Waals surface area contributed by atoms with Crippen molar-refractivity contribution in [3.63, 3.8) is 0 Å². The minimum Gasteiger partial charge on any atom is -0.492 e. The van der Waals surface area contributed by atoms with E-state index in [1.165, 1.54) is 6.26 Å². The van der Waals surface area contributed by atoms with Gasteiger partial charge >= 0.3 is 0 Å². The number of hydrogen-bond donors (Lipinski definition) is 1. The van der Waals surface area contributed by atoms with Crippen LogP contribution >= 0.6 is 0 Å². The summed E-state index contributed by atoms with van der Waals surface area (Å²) in [6.45, 7) is 0.140. The van der Waals surface area contributed by atoms with Gasteiger partial charge in [0.2, 0.25) is 0 Å². The lowest BCUT2D eigenvalue weighted by Crippen LogP contribution is -2.12. The first-order valence-electron chi connectivity index (χ1n) is 5.65. The highest BCUT2D eigenvalue weighted by Gasteiger charge is 2.21. The van der Waals surface area contributed by atoms with E-state index < -0.39 is 9.84 Å². The first-order chi connectivity index (χ1) is 8.51. The third-order valence-electron chi connectivity index (χ3n) is 2.89. The molecule has 0 fully saturated rings. The van der Waals surface area contributed by atoms with Crippen molar-refractivity contribution in [2.45, 2.75) is 12.8 Å². The van der Waals surface area contributed by atoms with Crippen LogP contribution in [0.5, 0.6) is 5.75 Å². The van der Waals surface area contributed by atoms with Crippen molar-refractivity contribution in [1.82, 2.24) is 0 Å². The van der Waals surface area contributed by atoms with Crippen molar-refractivity contribution in [3.05, 3.63) is 29.3 Å². The summed E-state index contributed by atoms with van der Waals surface area (Å²) >= 11 is 0. The van der Waals surface area contributed by atoms with Crippen molar-refractivity contribution in [1.29, 1.82) is 0 Å². The van der Waals surface area contributed by atoms with Crippen LogP contribution in [0.1, 0.15) is 17.5 Å². The number of rotatable bonds is 4. The molecule has 0 saturated carbocycles. The Morgan fingerprint density at radius 3 is 2.83 bits per heavy atom. The van der Waals surface area contributed by atoms with Crippen LogP contribution in [0.25, 0.3) is 0 Å². The van der Waals surface area contributed by atoms with Crippen LogP contribution in [0, 0.1) is 0 Å². The molecule has 1 aromatic carbocycles. The molecular formula is C12H15NO4S. The lowest BCUT2D eigenvalue weighted by Gasteiger charge is -2.09. The van der Waals surface area contributed by atoms with Crippen LogP contribution in [-0.2, 0) is 16.3 Å². The van der Waals surface area contributed by atoms with Gasteiger partial charge in [-0.2, -0.15) is 0 Å². The molecule has 5 nitrogen and oxygen atoms in total. The van der Waals surface area contributed by atoms with Gasteiger partial charge in [0, 0.05) is 17.4 Å². The molecule has 6 heteroatoms. The van der Waals surface area contributed by atoms with Gasteiger partial charge in [-0.25, -0.2) is 8.42 Å². The maximum atomic E-state index is 11.0. The van der Waals surface area contributed by atoms with Crippen LogP contribution < -0.4 is 4.74 Å². The molecule has 0 heterocycles. The summed E-state index contributed by atoms with van der Waals surface area (Å²) in [5.74, 6) is 0.673. The summed E-state index contributed by atoms with van der Waals surface area (Å²) in [6, 6.07) is 5.49. The van der Waals surface area contributed by atoms with Gasteiger partial charge in [0.1, 0.15) is 12.4 Å². The maximum absolute atomic E-state index is 11.0. The molecule has 18 heavy (non-hydrogen) atoms. The molecule has 1 aromatic rings. The maximum Gasteiger partial charge on any atom is 0.150 e. The van der Waals surface area contributed by atoms with Crippen LogP contribution in [0.15, 0.2) is 23.4 Å². The summed E-state index contributed by atoms with van der Waals surface area (Å²) in [7, 11) is -3.01. The molecule has 0 amide bonds. The zero-order valence-corrected chi connectivity index (χ0v) is 10.9. The first-order valence-corrected chi connectivity index (χ1v) is 7.71. The van der Waals surface area contributed by atoms with Gasteiger partial charge in [0.05, 0.1) is 11.5 Å². The summed E-state index contributed by atoms with van der Waals surface area (Å²) in [4.78, 5) is 0. The number of sulfone groups is 1. The molecule has 0 aliphatic heterocycles. The van der Waals surface area contributed by atoms with Crippen molar-refractivity contribution in [3.8, 4) is 5.75 Å². The van der Waals surface area contributed by atoms with Crippen molar-refractivity contribution >= 4 is 15.5 Å². The molecule has 1 aliphatic rings. The molecule has 1 N–H and O–H groups in total. The standard InChI is InChI=1S/C12H15NO4S/c1-18(15,16)8-7-17-12-4-2-3-9-10(12)5-6-11(9)13-14/h2-4,14H,5-8H2,1H3. The van der Waals surface area contributed by atoms with Gasteiger partial charge in [-0.1, -0.05) is 17.3 Å². The van der Waals surface area contributed by atoms with Gasteiger partial charge in [-0.3, -0.25) is 0 Å².